The maximum Gasteiger partial charge on any atom is 0.330 e. The fraction of sp³-hybridized carbons (Fsp3) is 0.250. The normalized spacial score (nSPS) is 11.3. The van der Waals surface area contributed by atoms with Crippen molar-refractivity contribution in [2.75, 3.05) is 13.2 Å². The van der Waals surface area contributed by atoms with Gasteiger partial charge < -0.3 is 20.5 Å². The second kappa shape index (κ2) is 9.38. The number of carboxylic acid groups (broad SMARTS) is 1. The summed E-state index contributed by atoms with van der Waals surface area (Å²) < 4.78 is 5.28. The number of carbonyl (C=O) groups excluding carboxylic acids is 2. The van der Waals surface area contributed by atoms with Gasteiger partial charge in [-0.15, -0.1) is 0 Å². The molecule has 0 heterocycles. The minimum Gasteiger partial charge on any atom is -0.484 e. The number of carboxylic acids is 1. The molecule has 1 unspecified atom stereocenters. The molecule has 2 aromatic rings. The van der Waals surface area contributed by atoms with Gasteiger partial charge in [-0.2, -0.15) is 0 Å². The third-order valence-electron chi connectivity index (χ3n) is 3.69. The Bertz CT molecular complexity index is 800. The van der Waals surface area contributed by atoms with Crippen LogP contribution in [0.5, 0.6) is 5.75 Å². The molecular formula is C20H22N2O5. The minimum absolute atomic E-state index is 0.239. The summed E-state index contributed by atoms with van der Waals surface area (Å²) in [7, 11) is 0. The van der Waals surface area contributed by atoms with Crippen LogP contribution in [0.1, 0.15) is 22.7 Å². The van der Waals surface area contributed by atoms with Gasteiger partial charge in [0, 0.05) is 0 Å². The predicted octanol–water partition coefficient (Wildman–Crippen LogP) is 1.74. The number of aryl methyl sites for hydroxylation is 2. The van der Waals surface area contributed by atoms with Crippen LogP contribution in [0.25, 0.3) is 0 Å². The highest BCUT2D eigenvalue weighted by atomic mass is 16.5. The van der Waals surface area contributed by atoms with E-state index < -0.39 is 23.8 Å². The lowest BCUT2D eigenvalue weighted by Gasteiger charge is -2.16. The topological polar surface area (TPSA) is 105 Å². The molecule has 2 amide bonds. The van der Waals surface area contributed by atoms with E-state index in [1.54, 1.807) is 36.4 Å². The Hall–Kier alpha value is -3.35. The molecule has 0 bridgehead atoms. The van der Waals surface area contributed by atoms with E-state index in [-0.39, 0.29) is 13.2 Å². The van der Waals surface area contributed by atoms with Crippen molar-refractivity contribution in [2.24, 2.45) is 0 Å². The molecular weight excluding hydrogens is 348 g/mol. The molecule has 142 valence electrons. The lowest BCUT2D eigenvalue weighted by molar-refractivity contribution is -0.142. The first-order valence-corrected chi connectivity index (χ1v) is 8.40. The molecule has 0 aliphatic carbocycles. The van der Waals surface area contributed by atoms with E-state index >= 15 is 0 Å². The number of para-hydroxylation sites is 1. The Kier molecular flexibility index (Phi) is 6.93. The Morgan fingerprint density at radius 2 is 1.63 bits per heavy atom. The monoisotopic (exact) mass is 370 g/mol. The number of rotatable bonds is 8. The van der Waals surface area contributed by atoms with Gasteiger partial charge in [0.15, 0.2) is 12.6 Å². The van der Waals surface area contributed by atoms with E-state index in [1.165, 1.54) is 0 Å². The van der Waals surface area contributed by atoms with Gasteiger partial charge in [0.1, 0.15) is 5.75 Å². The lowest BCUT2D eigenvalue weighted by Crippen LogP contribution is -2.42. The predicted molar refractivity (Wildman–Crippen MR) is 99.4 cm³/mol. The Morgan fingerprint density at radius 1 is 1.00 bits per heavy atom. The second-order valence-electron chi connectivity index (χ2n) is 6.14. The van der Waals surface area contributed by atoms with Gasteiger partial charge >= 0.3 is 5.97 Å². The number of aliphatic carboxylic acids is 1. The molecule has 7 heteroatoms. The molecule has 0 saturated carbocycles. The molecule has 0 radical (unpaired) electrons. The van der Waals surface area contributed by atoms with Crippen LogP contribution in [-0.4, -0.2) is 36.0 Å². The average molecular weight is 370 g/mol. The van der Waals surface area contributed by atoms with Crippen molar-refractivity contribution in [3.63, 3.8) is 0 Å². The summed E-state index contributed by atoms with van der Waals surface area (Å²) in [5.74, 6) is -1.72. The van der Waals surface area contributed by atoms with Gasteiger partial charge in [-0.05, 0) is 31.5 Å². The molecule has 2 aromatic carbocycles. The zero-order valence-electron chi connectivity index (χ0n) is 15.2. The molecule has 0 fully saturated rings. The van der Waals surface area contributed by atoms with Crippen LogP contribution in [-0.2, 0) is 14.4 Å². The fourth-order valence-corrected chi connectivity index (χ4v) is 2.57. The summed E-state index contributed by atoms with van der Waals surface area (Å²) in [5.41, 5.74) is 2.28. The second-order valence-corrected chi connectivity index (χ2v) is 6.14. The van der Waals surface area contributed by atoms with Crippen LogP contribution >= 0.6 is 0 Å². The molecule has 27 heavy (non-hydrogen) atoms. The molecule has 0 aromatic heterocycles. The molecule has 3 N–H and O–H groups in total. The van der Waals surface area contributed by atoms with Crippen LogP contribution in [0.15, 0.2) is 48.5 Å². The number of hydrogen-bond donors (Lipinski definition) is 3. The highest BCUT2D eigenvalue weighted by Gasteiger charge is 2.22. The molecule has 0 aliphatic heterocycles. The lowest BCUT2D eigenvalue weighted by atomic mass is 10.0. The summed E-state index contributed by atoms with van der Waals surface area (Å²) >= 11 is 0. The van der Waals surface area contributed by atoms with Crippen LogP contribution < -0.4 is 15.4 Å². The van der Waals surface area contributed by atoms with Gasteiger partial charge in [0.25, 0.3) is 5.91 Å². The number of amides is 2. The van der Waals surface area contributed by atoms with Crippen LogP contribution in [0.2, 0.25) is 0 Å². The first kappa shape index (κ1) is 20.0. The zero-order chi connectivity index (χ0) is 19.8. The Labute approximate surface area is 157 Å². The molecule has 7 nitrogen and oxygen atoms in total. The number of carbonyl (C=O) groups is 3. The van der Waals surface area contributed by atoms with Crippen LogP contribution in [0, 0.1) is 13.8 Å². The van der Waals surface area contributed by atoms with Crippen molar-refractivity contribution >= 4 is 17.8 Å². The SMILES string of the molecule is Cc1cc(C)cc(C(NC(=O)CNC(=O)COc2ccccc2)C(=O)O)c1. The van der Waals surface area contributed by atoms with Gasteiger partial charge in [0.2, 0.25) is 5.91 Å². The Balaban J connectivity index is 1.86. The first-order chi connectivity index (χ1) is 12.8. The van der Waals surface area contributed by atoms with Gasteiger partial charge in [-0.25, -0.2) is 4.79 Å². The van der Waals surface area contributed by atoms with Crippen molar-refractivity contribution in [1.29, 1.82) is 0 Å². The molecule has 0 aliphatic rings. The van der Waals surface area contributed by atoms with Crippen LogP contribution in [0.3, 0.4) is 0 Å². The third kappa shape index (κ3) is 6.47. The largest absolute Gasteiger partial charge is 0.484 e. The van der Waals surface area contributed by atoms with Crippen molar-refractivity contribution in [1.82, 2.24) is 10.6 Å². The summed E-state index contributed by atoms with van der Waals surface area (Å²) in [6, 6.07) is 12.9. The van der Waals surface area contributed by atoms with E-state index in [1.807, 2.05) is 26.0 Å². The minimum atomic E-state index is -1.19. The Morgan fingerprint density at radius 3 is 2.22 bits per heavy atom. The van der Waals surface area contributed by atoms with Gasteiger partial charge in [-0.3, -0.25) is 9.59 Å². The standard InChI is InChI=1S/C20H22N2O5/c1-13-8-14(2)10-15(9-13)19(20(25)26)22-17(23)11-21-18(24)12-27-16-6-4-3-5-7-16/h3-10,19H,11-12H2,1-2H3,(H,21,24)(H,22,23)(H,25,26). The smallest absolute Gasteiger partial charge is 0.330 e. The fourth-order valence-electron chi connectivity index (χ4n) is 2.57. The maximum absolute atomic E-state index is 12.0. The summed E-state index contributed by atoms with van der Waals surface area (Å²) in [6.45, 7) is 3.12. The maximum atomic E-state index is 12.0. The van der Waals surface area contributed by atoms with Gasteiger partial charge in [-0.1, -0.05) is 47.5 Å². The average Bonchev–Trinajstić information content (AvgIpc) is 2.62. The highest BCUT2D eigenvalue weighted by Crippen LogP contribution is 2.17. The molecule has 2 rings (SSSR count). The van der Waals surface area contributed by atoms with E-state index in [9.17, 15) is 19.5 Å². The van der Waals surface area contributed by atoms with Gasteiger partial charge in [0.05, 0.1) is 6.54 Å². The first-order valence-electron chi connectivity index (χ1n) is 8.40. The molecule has 1 atom stereocenters. The van der Waals surface area contributed by atoms with E-state index in [0.29, 0.717) is 11.3 Å². The third-order valence-corrected chi connectivity index (χ3v) is 3.69. The van der Waals surface area contributed by atoms with E-state index in [0.717, 1.165) is 11.1 Å². The van der Waals surface area contributed by atoms with Crippen molar-refractivity contribution in [3.8, 4) is 5.75 Å². The summed E-state index contributed by atoms with van der Waals surface area (Å²) in [4.78, 5) is 35.4. The number of ether oxygens (including phenoxy) is 1. The molecule has 0 saturated heterocycles. The quantitative estimate of drug-likeness (QED) is 0.657. The zero-order valence-corrected chi connectivity index (χ0v) is 15.2. The summed E-state index contributed by atoms with van der Waals surface area (Å²) in [6.07, 6.45) is 0. The molecule has 0 spiro atoms. The number of benzene rings is 2. The van der Waals surface area contributed by atoms with Crippen molar-refractivity contribution < 1.29 is 24.2 Å². The van der Waals surface area contributed by atoms with Crippen LogP contribution in [0.4, 0.5) is 0 Å². The number of nitrogens with one attached hydrogen (secondary N) is 2. The van der Waals surface area contributed by atoms with E-state index in [2.05, 4.69) is 10.6 Å². The van der Waals surface area contributed by atoms with Crippen molar-refractivity contribution in [3.05, 3.63) is 65.2 Å². The van der Waals surface area contributed by atoms with Crippen molar-refractivity contribution in [2.45, 2.75) is 19.9 Å². The highest BCUT2D eigenvalue weighted by molar-refractivity contribution is 5.88. The number of hydrogen-bond acceptors (Lipinski definition) is 4. The van der Waals surface area contributed by atoms with E-state index in [4.69, 9.17) is 4.74 Å². The summed E-state index contributed by atoms with van der Waals surface area (Å²) in [5, 5.41) is 14.2.